The average Bonchev–Trinajstić information content (AvgIpc) is 2.46. The van der Waals surface area contributed by atoms with Crippen molar-refractivity contribution >= 4 is 17.7 Å². The molecule has 0 radical (unpaired) electrons. The van der Waals surface area contributed by atoms with Crippen LogP contribution in [-0.2, 0) is 9.53 Å². The minimum Gasteiger partial charge on any atom is -0.479 e. The van der Waals surface area contributed by atoms with Gasteiger partial charge in [-0.25, -0.2) is 4.79 Å². The molecular weight excluding hydrogens is 188 g/mol. The van der Waals surface area contributed by atoms with E-state index in [2.05, 4.69) is 0 Å². The number of hydrogen-bond acceptors (Lipinski definition) is 3. The molecule has 2 fully saturated rings. The summed E-state index contributed by atoms with van der Waals surface area (Å²) in [4.78, 5) is 11.1. The van der Waals surface area contributed by atoms with Crippen molar-refractivity contribution in [2.75, 3.05) is 11.5 Å². The molecule has 0 aromatic rings. The molecule has 2 rings (SSSR count). The van der Waals surface area contributed by atoms with E-state index in [0.717, 1.165) is 18.6 Å². The van der Waals surface area contributed by atoms with Crippen molar-refractivity contribution in [3.63, 3.8) is 0 Å². The van der Waals surface area contributed by atoms with Gasteiger partial charge in [0, 0.05) is 5.75 Å². The first-order valence-corrected chi connectivity index (χ1v) is 5.87. The summed E-state index contributed by atoms with van der Waals surface area (Å²) >= 11 is 1.68. The second-order valence-corrected chi connectivity index (χ2v) is 4.88. The first-order valence-electron chi connectivity index (χ1n) is 4.72. The van der Waals surface area contributed by atoms with E-state index in [1.807, 2.05) is 0 Å². The van der Waals surface area contributed by atoms with Crippen molar-refractivity contribution in [3.8, 4) is 0 Å². The number of hydrogen-bond donors (Lipinski definition) is 1. The summed E-state index contributed by atoms with van der Waals surface area (Å²) in [5.41, 5.74) is -0.851. The van der Waals surface area contributed by atoms with Gasteiger partial charge in [-0.15, -0.1) is 0 Å². The van der Waals surface area contributed by atoms with Crippen molar-refractivity contribution in [1.29, 1.82) is 0 Å². The lowest BCUT2D eigenvalue weighted by molar-refractivity contribution is -0.175. The molecule has 1 unspecified atom stereocenters. The number of rotatable bonds is 3. The van der Waals surface area contributed by atoms with E-state index in [1.54, 1.807) is 11.8 Å². The zero-order valence-electron chi connectivity index (χ0n) is 7.49. The Bertz CT molecular complexity index is 207. The molecule has 1 N–H and O–H groups in total. The van der Waals surface area contributed by atoms with E-state index in [9.17, 15) is 4.79 Å². The average molecular weight is 202 g/mol. The van der Waals surface area contributed by atoms with Crippen LogP contribution in [0, 0.1) is 0 Å². The molecule has 1 heterocycles. The number of carbonyl (C=O) groups is 1. The van der Waals surface area contributed by atoms with E-state index in [4.69, 9.17) is 9.84 Å². The molecule has 0 spiro atoms. The van der Waals surface area contributed by atoms with Gasteiger partial charge in [0.2, 0.25) is 0 Å². The van der Waals surface area contributed by atoms with Crippen molar-refractivity contribution in [1.82, 2.24) is 0 Å². The Morgan fingerprint density at radius 3 is 2.69 bits per heavy atom. The van der Waals surface area contributed by atoms with E-state index in [0.29, 0.717) is 12.2 Å². The summed E-state index contributed by atoms with van der Waals surface area (Å²) in [5, 5.41) is 9.09. The molecule has 13 heavy (non-hydrogen) atoms. The van der Waals surface area contributed by atoms with Gasteiger partial charge >= 0.3 is 5.97 Å². The second kappa shape index (κ2) is 3.50. The minimum atomic E-state index is -0.851. The third kappa shape index (κ3) is 1.70. The Morgan fingerprint density at radius 2 is 2.31 bits per heavy atom. The minimum absolute atomic E-state index is 0.217. The quantitative estimate of drug-likeness (QED) is 0.753. The number of aliphatic carboxylic acids is 1. The van der Waals surface area contributed by atoms with Crippen LogP contribution in [0.1, 0.15) is 25.7 Å². The molecule has 1 aliphatic carbocycles. The molecule has 0 aromatic carbocycles. The van der Waals surface area contributed by atoms with Crippen LogP contribution in [0.15, 0.2) is 0 Å². The fourth-order valence-electron chi connectivity index (χ4n) is 1.67. The molecule has 1 atom stereocenters. The zero-order chi connectivity index (χ0) is 9.31. The Labute approximate surface area is 81.8 Å². The number of ether oxygens (including phenoxy) is 1. The number of thioether (sulfide) groups is 1. The Morgan fingerprint density at radius 1 is 1.54 bits per heavy atom. The molecule has 1 saturated heterocycles. The lowest BCUT2D eigenvalue weighted by atomic mass is 9.94. The third-order valence-electron chi connectivity index (χ3n) is 2.82. The summed E-state index contributed by atoms with van der Waals surface area (Å²) in [6.45, 7) is 0. The van der Waals surface area contributed by atoms with Crippen LogP contribution in [-0.4, -0.2) is 34.3 Å². The summed E-state index contributed by atoms with van der Waals surface area (Å²) in [6.07, 6.45) is 4.16. The van der Waals surface area contributed by atoms with Crippen LogP contribution in [0.2, 0.25) is 0 Å². The van der Waals surface area contributed by atoms with Crippen molar-refractivity contribution in [2.45, 2.75) is 37.4 Å². The van der Waals surface area contributed by atoms with E-state index < -0.39 is 11.6 Å². The molecule has 4 heteroatoms. The van der Waals surface area contributed by atoms with Gasteiger partial charge in [0.15, 0.2) is 5.60 Å². The van der Waals surface area contributed by atoms with Gasteiger partial charge in [0.05, 0.1) is 6.10 Å². The predicted octanol–water partition coefficient (Wildman–Crippen LogP) is 1.52. The highest BCUT2D eigenvalue weighted by atomic mass is 32.2. The summed E-state index contributed by atoms with van der Waals surface area (Å²) in [5.74, 6) is 0.766. The molecule has 0 aromatic heterocycles. The first-order chi connectivity index (χ1) is 6.23. The van der Waals surface area contributed by atoms with Crippen molar-refractivity contribution < 1.29 is 14.6 Å². The van der Waals surface area contributed by atoms with Gasteiger partial charge < -0.3 is 9.84 Å². The Hall–Kier alpha value is -0.220. The van der Waals surface area contributed by atoms with Gasteiger partial charge in [-0.1, -0.05) is 0 Å². The van der Waals surface area contributed by atoms with Crippen LogP contribution < -0.4 is 0 Å². The van der Waals surface area contributed by atoms with Crippen LogP contribution in [0.4, 0.5) is 0 Å². The fourth-order valence-corrected chi connectivity index (χ4v) is 2.95. The summed E-state index contributed by atoms with van der Waals surface area (Å²) < 4.78 is 5.68. The molecule has 1 aliphatic heterocycles. The van der Waals surface area contributed by atoms with Crippen LogP contribution in [0.5, 0.6) is 0 Å². The number of carboxylic acid groups (broad SMARTS) is 1. The summed E-state index contributed by atoms with van der Waals surface area (Å²) in [7, 11) is 0. The highest BCUT2D eigenvalue weighted by Gasteiger charge is 2.45. The molecule has 74 valence electrons. The second-order valence-electron chi connectivity index (χ2n) is 3.77. The SMILES string of the molecule is O=C(O)C1(OC2CCC2)CCSC1. The van der Waals surface area contributed by atoms with Gasteiger partial charge in [-0.3, -0.25) is 0 Å². The maximum Gasteiger partial charge on any atom is 0.336 e. The highest BCUT2D eigenvalue weighted by molar-refractivity contribution is 7.99. The topological polar surface area (TPSA) is 46.5 Å². The van der Waals surface area contributed by atoms with Crippen molar-refractivity contribution in [3.05, 3.63) is 0 Å². The van der Waals surface area contributed by atoms with E-state index in [-0.39, 0.29) is 6.10 Å². The lowest BCUT2D eigenvalue weighted by Crippen LogP contribution is -2.46. The monoisotopic (exact) mass is 202 g/mol. The molecule has 0 bridgehead atoms. The molecular formula is C9H14O3S. The lowest BCUT2D eigenvalue weighted by Gasteiger charge is -2.34. The van der Waals surface area contributed by atoms with E-state index >= 15 is 0 Å². The van der Waals surface area contributed by atoms with Crippen LogP contribution in [0.25, 0.3) is 0 Å². The van der Waals surface area contributed by atoms with Gasteiger partial charge in [-0.2, -0.15) is 11.8 Å². The highest BCUT2D eigenvalue weighted by Crippen LogP contribution is 2.36. The van der Waals surface area contributed by atoms with Gasteiger partial charge in [0.25, 0.3) is 0 Å². The maximum absolute atomic E-state index is 11.1. The van der Waals surface area contributed by atoms with Gasteiger partial charge in [-0.05, 0) is 31.4 Å². The Kier molecular flexibility index (Phi) is 2.51. The smallest absolute Gasteiger partial charge is 0.336 e. The van der Waals surface area contributed by atoms with Gasteiger partial charge in [0.1, 0.15) is 0 Å². The molecule has 3 nitrogen and oxygen atoms in total. The third-order valence-corrected chi connectivity index (χ3v) is 3.98. The normalized spacial score (nSPS) is 34.5. The standard InChI is InChI=1S/C9H14O3S/c10-8(11)9(4-5-13-6-9)12-7-2-1-3-7/h7H,1-6H2,(H,10,11). The summed E-state index contributed by atoms with van der Waals surface area (Å²) in [6, 6.07) is 0. The first kappa shape index (κ1) is 9.34. The number of carboxylic acids is 1. The fraction of sp³-hybridized carbons (Fsp3) is 0.889. The van der Waals surface area contributed by atoms with Crippen molar-refractivity contribution in [2.24, 2.45) is 0 Å². The van der Waals surface area contributed by atoms with Crippen LogP contribution in [0.3, 0.4) is 0 Å². The van der Waals surface area contributed by atoms with Crippen LogP contribution >= 0.6 is 11.8 Å². The maximum atomic E-state index is 11.1. The molecule has 2 aliphatic rings. The zero-order valence-corrected chi connectivity index (χ0v) is 8.31. The molecule has 1 saturated carbocycles. The largest absolute Gasteiger partial charge is 0.479 e. The Balaban J connectivity index is 1.99. The molecule has 0 amide bonds. The van der Waals surface area contributed by atoms with E-state index in [1.165, 1.54) is 6.42 Å². The predicted molar refractivity (Wildman–Crippen MR) is 51.0 cm³/mol.